The molecule has 3 rings (SSSR count). The Hall–Kier alpha value is -2.04. The fourth-order valence-electron chi connectivity index (χ4n) is 3.14. The van der Waals surface area contributed by atoms with E-state index in [2.05, 4.69) is 6.92 Å². The highest BCUT2D eigenvalue weighted by Crippen LogP contribution is 2.19. The molecule has 0 N–H and O–H groups in total. The SMILES string of the molecule is Cc1ccc(OCC(=O)N(Cc2ccc(Cl)cc2)C[C@H]2CCCO2)cc1C. The molecule has 0 unspecified atom stereocenters. The van der Waals surface area contributed by atoms with Crippen molar-refractivity contribution < 1.29 is 14.3 Å². The number of aryl methyl sites for hydroxylation is 2. The van der Waals surface area contributed by atoms with Crippen molar-refractivity contribution in [3.63, 3.8) is 0 Å². The quantitative estimate of drug-likeness (QED) is 0.699. The van der Waals surface area contributed by atoms with Gasteiger partial charge in [-0.05, 0) is 67.6 Å². The first-order valence-corrected chi connectivity index (χ1v) is 9.73. The van der Waals surface area contributed by atoms with E-state index in [0.29, 0.717) is 18.1 Å². The molecule has 0 bridgehead atoms. The molecule has 4 nitrogen and oxygen atoms in total. The normalized spacial score (nSPS) is 16.3. The predicted octanol–water partition coefficient (Wildman–Crippen LogP) is 4.54. The van der Waals surface area contributed by atoms with Gasteiger partial charge in [-0.15, -0.1) is 0 Å². The highest BCUT2D eigenvalue weighted by molar-refractivity contribution is 6.30. The number of nitrogens with zero attached hydrogens (tertiary/aromatic N) is 1. The second-order valence-corrected chi connectivity index (χ2v) is 7.51. The molecule has 1 aliphatic rings. The van der Waals surface area contributed by atoms with Gasteiger partial charge in [0.05, 0.1) is 6.10 Å². The standard InChI is InChI=1S/C22H26ClNO3/c1-16-5-10-20(12-17(16)2)27-15-22(25)24(14-21-4-3-11-26-21)13-18-6-8-19(23)9-7-18/h5-10,12,21H,3-4,11,13-15H2,1-2H3/t21-/m1/s1. The summed E-state index contributed by atoms with van der Waals surface area (Å²) in [5.74, 6) is 0.675. The molecule has 0 aromatic heterocycles. The molecule has 1 aliphatic heterocycles. The summed E-state index contributed by atoms with van der Waals surface area (Å²) in [7, 11) is 0. The van der Waals surface area contributed by atoms with E-state index in [0.717, 1.165) is 36.3 Å². The van der Waals surface area contributed by atoms with Crippen molar-refractivity contribution in [1.82, 2.24) is 4.90 Å². The number of amides is 1. The van der Waals surface area contributed by atoms with E-state index in [-0.39, 0.29) is 18.6 Å². The fourth-order valence-corrected chi connectivity index (χ4v) is 3.26. The van der Waals surface area contributed by atoms with Crippen LogP contribution in [-0.4, -0.2) is 36.7 Å². The second-order valence-electron chi connectivity index (χ2n) is 7.07. The second kappa shape index (κ2) is 9.25. The van der Waals surface area contributed by atoms with Crippen molar-refractivity contribution in [2.45, 2.75) is 39.3 Å². The lowest BCUT2D eigenvalue weighted by molar-refractivity contribution is -0.135. The number of ether oxygens (including phenoxy) is 2. The fraction of sp³-hybridized carbons (Fsp3) is 0.409. The van der Waals surface area contributed by atoms with Crippen LogP contribution in [0.5, 0.6) is 5.75 Å². The highest BCUT2D eigenvalue weighted by atomic mass is 35.5. The first-order valence-electron chi connectivity index (χ1n) is 9.35. The van der Waals surface area contributed by atoms with Crippen LogP contribution in [0.2, 0.25) is 5.02 Å². The van der Waals surface area contributed by atoms with Gasteiger partial charge in [0.1, 0.15) is 5.75 Å². The molecule has 5 heteroatoms. The molecule has 2 aromatic carbocycles. The van der Waals surface area contributed by atoms with E-state index >= 15 is 0 Å². The van der Waals surface area contributed by atoms with Gasteiger partial charge in [-0.2, -0.15) is 0 Å². The summed E-state index contributed by atoms with van der Waals surface area (Å²) in [6.45, 7) is 5.98. The molecular formula is C22H26ClNO3. The molecule has 27 heavy (non-hydrogen) atoms. The molecule has 1 amide bonds. The third-order valence-corrected chi connectivity index (χ3v) is 5.18. The largest absolute Gasteiger partial charge is 0.484 e. The Morgan fingerprint density at radius 1 is 1.19 bits per heavy atom. The summed E-state index contributed by atoms with van der Waals surface area (Å²) in [5, 5.41) is 0.689. The third-order valence-electron chi connectivity index (χ3n) is 4.93. The van der Waals surface area contributed by atoms with Crippen LogP contribution in [-0.2, 0) is 16.1 Å². The van der Waals surface area contributed by atoms with Gasteiger partial charge in [-0.1, -0.05) is 29.8 Å². The third kappa shape index (κ3) is 5.72. The van der Waals surface area contributed by atoms with Gasteiger partial charge in [-0.3, -0.25) is 4.79 Å². The van der Waals surface area contributed by atoms with Crippen molar-refractivity contribution >= 4 is 17.5 Å². The van der Waals surface area contributed by atoms with Gasteiger partial charge < -0.3 is 14.4 Å². The van der Waals surface area contributed by atoms with Crippen molar-refractivity contribution in [3.8, 4) is 5.75 Å². The van der Waals surface area contributed by atoms with E-state index in [9.17, 15) is 4.79 Å². The molecule has 1 heterocycles. The molecular weight excluding hydrogens is 362 g/mol. The first-order chi connectivity index (χ1) is 13.0. The Morgan fingerprint density at radius 2 is 1.96 bits per heavy atom. The Balaban J connectivity index is 1.65. The molecule has 0 radical (unpaired) electrons. The smallest absolute Gasteiger partial charge is 0.260 e. The summed E-state index contributed by atoms with van der Waals surface area (Å²) < 4.78 is 11.5. The predicted molar refractivity (Wildman–Crippen MR) is 107 cm³/mol. The molecule has 1 atom stereocenters. The number of carbonyl (C=O) groups is 1. The van der Waals surface area contributed by atoms with Crippen molar-refractivity contribution in [1.29, 1.82) is 0 Å². The lowest BCUT2D eigenvalue weighted by Crippen LogP contribution is -2.39. The van der Waals surface area contributed by atoms with Crippen LogP contribution < -0.4 is 4.74 Å². The summed E-state index contributed by atoms with van der Waals surface area (Å²) in [6.07, 6.45) is 2.14. The Morgan fingerprint density at radius 3 is 2.63 bits per heavy atom. The van der Waals surface area contributed by atoms with E-state index in [1.165, 1.54) is 5.56 Å². The van der Waals surface area contributed by atoms with E-state index < -0.39 is 0 Å². The van der Waals surface area contributed by atoms with Crippen LogP contribution in [0.15, 0.2) is 42.5 Å². The van der Waals surface area contributed by atoms with E-state index in [1.54, 1.807) is 0 Å². The monoisotopic (exact) mass is 387 g/mol. The summed E-state index contributed by atoms with van der Waals surface area (Å²) in [5.41, 5.74) is 3.39. The minimum Gasteiger partial charge on any atom is -0.484 e. The number of rotatable bonds is 7. The van der Waals surface area contributed by atoms with Crippen molar-refractivity contribution in [2.24, 2.45) is 0 Å². The van der Waals surface area contributed by atoms with Crippen LogP contribution in [0.4, 0.5) is 0 Å². The zero-order valence-electron chi connectivity index (χ0n) is 15.9. The van der Waals surface area contributed by atoms with Gasteiger partial charge in [0, 0.05) is 24.7 Å². The maximum atomic E-state index is 12.8. The Kier molecular flexibility index (Phi) is 6.75. The van der Waals surface area contributed by atoms with Gasteiger partial charge in [0.25, 0.3) is 5.91 Å². The maximum absolute atomic E-state index is 12.8. The molecule has 1 saturated heterocycles. The number of carbonyl (C=O) groups excluding carboxylic acids is 1. The average molecular weight is 388 g/mol. The van der Waals surface area contributed by atoms with Gasteiger partial charge in [0.2, 0.25) is 0 Å². The minimum atomic E-state index is -0.0429. The molecule has 144 valence electrons. The number of hydrogen-bond donors (Lipinski definition) is 0. The zero-order valence-corrected chi connectivity index (χ0v) is 16.7. The zero-order chi connectivity index (χ0) is 19.2. The molecule has 0 aliphatic carbocycles. The lowest BCUT2D eigenvalue weighted by Gasteiger charge is -2.26. The van der Waals surface area contributed by atoms with Gasteiger partial charge >= 0.3 is 0 Å². The highest BCUT2D eigenvalue weighted by Gasteiger charge is 2.23. The molecule has 1 fully saturated rings. The van der Waals surface area contributed by atoms with E-state index in [1.807, 2.05) is 54.3 Å². The van der Waals surface area contributed by atoms with Crippen LogP contribution in [0.1, 0.15) is 29.5 Å². The number of benzene rings is 2. The van der Waals surface area contributed by atoms with Crippen LogP contribution in [0.25, 0.3) is 0 Å². The maximum Gasteiger partial charge on any atom is 0.260 e. The summed E-state index contributed by atoms with van der Waals surface area (Å²) in [6, 6.07) is 13.5. The minimum absolute atomic E-state index is 0.0167. The van der Waals surface area contributed by atoms with Gasteiger partial charge in [0.15, 0.2) is 6.61 Å². The summed E-state index contributed by atoms with van der Waals surface area (Å²) in [4.78, 5) is 14.7. The van der Waals surface area contributed by atoms with Crippen LogP contribution >= 0.6 is 11.6 Å². The molecule has 0 saturated carbocycles. The summed E-state index contributed by atoms with van der Waals surface area (Å²) >= 11 is 5.97. The Labute approximate surface area is 166 Å². The Bertz CT molecular complexity index is 770. The van der Waals surface area contributed by atoms with Gasteiger partial charge in [-0.25, -0.2) is 0 Å². The van der Waals surface area contributed by atoms with Crippen molar-refractivity contribution in [3.05, 3.63) is 64.2 Å². The van der Waals surface area contributed by atoms with Crippen LogP contribution in [0, 0.1) is 13.8 Å². The topological polar surface area (TPSA) is 38.8 Å². The molecule has 2 aromatic rings. The number of hydrogen-bond acceptors (Lipinski definition) is 3. The molecule has 0 spiro atoms. The first kappa shape index (κ1) is 19.7. The van der Waals surface area contributed by atoms with Crippen molar-refractivity contribution in [2.75, 3.05) is 19.8 Å². The van der Waals surface area contributed by atoms with E-state index in [4.69, 9.17) is 21.1 Å². The lowest BCUT2D eigenvalue weighted by atomic mass is 10.1. The average Bonchev–Trinajstić information content (AvgIpc) is 3.17. The number of halogens is 1. The van der Waals surface area contributed by atoms with Crippen LogP contribution in [0.3, 0.4) is 0 Å².